The van der Waals surface area contributed by atoms with Crippen molar-refractivity contribution in [3.63, 3.8) is 0 Å². The van der Waals surface area contributed by atoms with Crippen LogP contribution in [0.15, 0.2) is 109 Å². The van der Waals surface area contributed by atoms with Crippen LogP contribution in [0.4, 0.5) is 0 Å². The first-order valence-electron chi connectivity index (χ1n) is 14.4. The number of primary amides is 1. The maximum atomic E-state index is 12.9. The minimum atomic E-state index is -0.519. The fraction of sp³-hybridized carbons (Fsp3) is 0.222. The molecule has 1 aliphatic rings. The minimum absolute atomic E-state index is 0. The quantitative estimate of drug-likeness (QED) is 0.187. The fourth-order valence-corrected chi connectivity index (χ4v) is 6.32. The Morgan fingerprint density at radius 3 is 2.12 bits per heavy atom. The Morgan fingerprint density at radius 2 is 1.48 bits per heavy atom. The molecule has 0 saturated heterocycles. The number of carbonyl (C=O) groups is 1. The van der Waals surface area contributed by atoms with Crippen LogP contribution in [-0.2, 0) is 12.8 Å². The first-order valence-corrected chi connectivity index (χ1v) is 14.4. The Labute approximate surface area is 253 Å². The van der Waals surface area contributed by atoms with Gasteiger partial charge in [-0.25, -0.2) is 4.98 Å². The van der Waals surface area contributed by atoms with Crippen LogP contribution in [0.25, 0.3) is 22.2 Å². The second-order valence-electron chi connectivity index (χ2n) is 10.7. The fourth-order valence-electron chi connectivity index (χ4n) is 6.32. The largest absolute Gasteiger partial charge is 0.489 e. The number of halogens is 1. The van der Waals surface area contributed by atoms with Gasteiger partial charge in [-0.05, 0) is 42.0 Å². The summed E-state index contributed by atoms with van der Waals surface area (Å²) in [6.07, 6.45) is 3.01. The minimum Gasteiger partial charge on any atom is -0.489 e. The molecule has 214 valence electrons. The molecule has 1 aromatic heterocycles. The number of carbonyl (C=O) groups excluding carboxylic acids is 1. The van der Waals surface area contributed by atoms with E-state index in [2.05, 4.69) is 66.4 Å². The summed E-state index contributed by atoms with van der Waals surface area (Å²) in [4.78, 5) is 20.4. The van der Waals surface area contributed by atoms with Gasteiger partial charge in [0.1, 0.15) is 12.3 Å². The number of nitrogens with zero attached hydrogens (tertiary/aromatic N) is 2. The van der Waals surface area contributed by atoms with Crippen LogP contribution in [-0.4, -0.2) is 35.0 Å². The first-order chi connectivity index (χ1) is 20.1. The van der Waals surface area contributed by atoms with Crippen molar-refractivity contribution in [1.29, 1.82) is 0 Å². The molecule has 0 aliphatic heterocycles. The number of para-hydroxylation sites is 1. The molecule has 0 fully saturated rings. The van der Waals surface area contributed by atoms with Gasteiger partial charge >= 0.3 is 0 Å². The van der Waals surface area contributed by atoms with Crippen LogP contribution in [0, 0.1) is 0 Å². The molecule has 1 amide bonds. The van der Waals surface area contributed by atoms with E-state index in [9.17, 15) is 4.79 Å². The second kappa shape index (κ2) is 13.2. The Bertz CT molecular complexity index is 1630. The maximum absolute atomic E-state index is 12.9. The van der Waals surface area contributed by atoms with Crippen molar-refractivity contribution >= 4 is 29.2 Å². The third-order valence-electron chi connectivity index (χ3n) is 8.21. The molecule has 42 heavy (non-hydrogen) atoms. The Kier molecular flexibility index (Phi) is 9.21. The van der Waals surface area contributed by atoms with Gasteiger partial charge in [-0.2, -0.15) is 0 Å². The van der Waals surface area contributed by atoms with Gasteiger partial charge in [0.25, 0.3) is 5.91 Å². The van der Waals surface area contributed by atoms with Crippen LogP contribution in [0.3, 0.4) is 0 Å². The van der Waals surface area contributed by atoms with E-state index in [0.29, 0.717) is 47.1 Å². The van der Waals surface area contributed by atoms with Crippen molar-refractivity contribution in [3.8, 4) is 17.0 Å². The lowest BCUT2D eigenvalue weighted by atomic mass is 9.99. The second-order valence-corrected chi connectivity index (χ2v) is 10.7. The van der Waals surface area contributed by atoms with Crippen molar-refractivity contribution in [3.05, 3.63) is 131 Å². The van der Waals surface area contributed by atoms with Crippen LogP contribution in [0.2, 0.25) is 0 Å². The third kappa shape index (κ3) is 5.89. The van der Waals surface area contributed by atoms with E-state index in [4.69, 9.17) is 15.5 Å². The first kappa shape index (κ1) is 29.3. The monoisotopic (exact) mass is 577 g/mol. The molecule has 0 unspecified atom stereocenters. The molecule has 1 heterocycles. The van der Waals surface area contributed by atoms with Crippen molar-refractivity contribution in [2.24, 2.45) is 5.73 Å². The zero-order chi connectivity index (χ0) is 28.2. The summed E-state index contributed by atoms with van der Waals surface area (Å²) >= 11 is 0. The summed E-state index contributed by atoms with van der Waals surface area (Å²) in [6, 6.07) is 37.6. The van der Waals surface area contributed by atoms with Crippen LogP contribution < -0.4 is 10.5 Å². The number of ether oxygens (including phenoxy) is 1. The van der Waals surface area contributed by atoms with Crippen molar-refractivity contribution < 1.29 is 9.53 Å². The molecule has 0 bridgehead atoms. The van der Waals surface area contributed by atoms with Gasteiger partial charge in [-0.15, -0.1) is 12.4 Å². The number of benzene rings is 4. The van der Waals surface area contributed by atoms with Gasteiger partial charge in [-0.1, -0.05) is 110 Å². The molecule has 6 heteroatoms. The molecule has 1 atom stereocenters. The normalized spacial score (nSPS) is 13.5. The number of amides is 1. The molecule has 5 aromatic rings. The Hall–Kier alpha value is -4.19. The number of rotatable bonds is 10. The number of pyridine rings is 1. The van der Waals surface area contributed by atoms with Crippen LogP contribution in [0.5, 0.6) is 5.75 Å². The summed E-state index contributed by atoms with van der Waals surface area (Å²) in [5.41, 5.74) is 12.8. The number of nitrogens with two attached hydrogens (primary N) is 1. The molecular formula is C36H36ClN3O2. The molecule has 5 nitrogen and oxygen atoms in total. The lowest BCUT2D eigenvalue weighted by Crippen LogP contribution is -2.41. The summed E-state index contributed by atoms with van der Waals surface area (Å²) < 4.78 is 6.58. The summed E-state index contributed by atoms with van der Waals surface area (Å²) in [5.74, 6) is -0.0700. The van der Waals surface area contributed by atoms with E-state index >= 15 is 0 Å². The molecule has 1 aliphatic carbocycles. The van der Waals surface area contributed by atoms with E-state index in [-0.39, 0.29) is 18.4 Å². The summed E-state index contributed by atoms with van der Waals surface area (Å²) in [5, 5.41) is 0.702. The van der Waals surface area contributed by atoms with E-state index < -0.39 is 5.91 Å². The molecule has 2 N–H and O–H groups in total. The van der Waals surface area contributed by atoms with Gasteiger partial charge in [0.2, 0.25) is 0 Å². The number of hydrogen-bond acceptors (Lipinski definition) is 4. The van der Waals surface area contributed by atoms with Gasteiger partial charge in [0.15, 0.2) is 5.75 Å². The smallest absolute Gasteiger partial charge is 0.253 e. The van der Waals surface area contributed by atoms with Crippen LogP contribution >= 0.6 is 12.4 Å². The molecule has 0 saturated carbocycles. The predicted octanol–water partition coefficient (Wildman–Crippen LogP) is 7.42. The highest BCUT2D eigenvalue weighted by molar-refractivity contribution is 6.09. The Balaban J connectivity index is 0.00000353. The molecule has 0 radical (unpaired) electrons. The highest BCUT2D eigenvalue weighted by Crippen LogP contribution is 2.37. The zero-order valence-electron chi connectivity index (χ0n) is 23.8. The third-order valence-corrected chi connectivity index (χ3v) is 8.21. The highest BCUT2D eigenvalue weighted by Gasteiger charge is 2.32. The van der Waals surface area contributed by atoms with Crippen LogP contribution in [0.1, 0.15) is 46.4 Å². The van der Waals surface area contributed by atoms with E-state index in [0.717, 1.165) is 24.8 Å². The zero-order valence-corrected chi connectivity index (χ0v) is 24.6. The summed E-state index contributed by atoms with van der Waals surface area (Å²) in [7, 11) is 0. The van der Waals surface area contributed by atoms with Gasteiger partial charge in [0, 0.05) is 29.6 Å². The molecule has 6 rings (SSSR count). The molecular weight excluding hydrogens is 542 g/mol. The van der Waals surface area contributed by atoms with Gasteiger partial charge in [-0.3, -0.25) is 9.69 Å². The topological polar surface area (TPSA) is 68.4 Å². The number of aromatic nitrogens is 1. The predicted molar refractivity (Wildman–Crippen MR) is 172 cm³/mol. The SMILES string of the molecule is CC[C@@H](c1ccccc1)N(CCOc1c(-c2ccccc2)nc2ccccc2c1C(N)=O)C1Cc2ccccc2C1.Cl. The lowest BCUT2D eigenvalue weighted by Gasteiger charge is -2.36. The summed E-state index contributed by atoms with van der Waals surface area (Å²) in [6.45, 7) is 3.35. The van der Waals surface area contributed by atoms with Gasteiger partial charge in [0.05, 0.1) is 11.1 Å². The molecule has 4 aromatic carbocycles. The highest BCUT2D eigenvalue weighted by atomic mass is 35.5. The van der Waals surface area contributed by atoms with Crippen molar-refractivity contribution in [1.82, 2.24) is 9.88 Å². The van der Waals surface area contributed by atoms with Crippen molar-refractivity contribution in [2.75, 3.05) is 13.2 Å². The standard InChI is InChI=1S/C36H35N3O2.ClH/c1-2-32(25-13-5-3-6-14-25)39(29-23-27-17-9-10-18-28(27)24-29)21-22-41-35-33(36(37)40)30-19-11-12-20-31(30)38-34(35)26-15-7-4-8-16-26;/h3-20,29,32H,2,21-24H2,1H3,(H2,37,40);1H/t32-;/m0./s1. The lowest BCUT2D eigenvalue weighted by molar-refractivity contribution is 0.0985. The number of fused-ring (bicyclic) bond motifs is 2. The van der Waals surface area contributed by atoms with E-state index in [1.165, 1.54) is 16.7 Å². The van der Waals surface area contributed by atoms with E-state index in [1.807, 2.05) is 54.6 Å². The van der Waals surface area contributed by atoms with Gasteiger partial charge < -0.3 is 10.5 Å². The van der Waals surface area contributed by atoms with Crippen molar-refractivity contribution in [2.45, 2.75) is 38.3 Å². The van der Waals surface area contributed by atoms with E-state index in [1.54, 1.807) is 0 Å². The average molecular weight is 578 g/mol. The average Bonchev–Trinajstić information content (AvgIpc) is 3.45. The molecule has 0 spiro atoms. The maximum Gasteiger partial charge on any atom is 0.253 e. The Morgan fingerprint density at radius 1 is 0.881 bits per heavy atom. The number of hydrogen-bond donors (Lipinski definition) is 1.